The first-order chi connectivity index (χ1) is 10.8. The topological polar surface area (TPSA) is 45.8 Å². The van der Waals surface area contributed by atoms with Crippen molar-refractivity contribution >= 4 is 32.6 Å². The van der Waals surface area contributed by atoms with Crippen LogP contribution in [0, 0.1) is 5.82 Å². The smallest absolute Gasteiger partial charge is 0.360 e. The van der Waals surface area contributed by atoms with E-state index in [4.69, 9.17) is 0 Å². The summed E-state index contributed by atoms with van der Waals surface area (Å²) in [7, 11) is 0. The number of nitrogens with zero attached hydrogens (tertiary/aromatic N) is 1. The second kappa shape index (κ2) is 5.45. The van der Waals surface area contributed by atoms with Crippen molar-refractivity contribution in [3.63, 3.8) is 0 Å². The number of carbonyl (C=O) groups excluding carboxylic acids is 1. The predicted molar refractivity (Wildman–Crippen MR) is 78.6 cm³/mol. The average molecular weight is 387 g/mol. The van der Waals surface area contributed by atoms with Crippen molar-refractivity contribution in [1.29, 1.82) is 0 Å². The van der Waals surface area contributed by atoms with Crippen LogP contribution < -0.4 is 0 Å². The molecular formula is C15H7BrF4N2O. The van der Waals surface area contributed by atoms with E-state index in [9.17, 15) is 22.4 Å². The zero-order valence-corrected chi connectivity index (χ0v) is 12.8. The van der Waals surface area contributed by atoms with Crippen LogP contribution in [0.5, 0.6) is 0 Å². The van der Waals surface area contributed by atoms with Gasteiger partial charge in [0.25, 0.3) is 0 Å². The number of carbonyl (C=O) groups is 1. The molecule has 0 saturated heterocycles. The Balaban J connectivity index is 2.09. The fourth-order valence-electron chi connectivity index (χ4n) is 2.16. The van der Waals surface area contributed by atoms with Gasteiger partial charge in [0.15, 0.2) is 0 Å². The number of pyridine rings is 1. The zero-order valence-electron chi connectivity index (χ0n) is 11.2. The molecule has 0 amide bonds. The van der Waals surface area contributed by atoms with Gasteiger partial charge in [-0.3, -0.25) is 4.79 Å². The molecule has 3 aromatic rings. The molecule has 118 valence electrons. The Kier molecular flexibility index (Phi) is 3.71. The molecule has 0 aliphatic carbocycles. The molecule has 2 aromatic heterocycles. The molecule has 0 unspecified atom stereocenters. The van der Waals surface area contributed by atoms with Crippen LogP contribution in [0.2, 0.25) is 0 Å². The number of aromatic nitrogens is 2. The van der Waals surface area contributed by atoms with E-state index in [0.717, 1.165) is 18.2 Å². The number of ketones is 1. The summed E-state index contributed by atoms with van der Waals surface area (Å²) in [6, 6.07) is 5.65. The van der Waals surface area contributed by atoms with E-state index in [1.807, 2.05) is 0 Å². The Morgan fingerprint density at radius 2 is 1.96 bits per heavy atom. The number of benzene rings is 1. The molecule has 0 saturated carbocycles. The van der Waals surface area contributed by atoms with Crippen LogP contribution in [0.3, 0.4) is 0 Å². The summed E-state index contributed by atoms with van der Waals surface area (Å²) in [5.74, 6) is -1.30. The fourth-order valence-corrected chi connectivity index (χ4v) is 2.51. The summed E-state index contributed by atoms with van der Waals surface area (Å²) in [6.07, 6.45) is -3.33. The number of hydrogen-bond acceptors (Lipinski definition) is 2. The maximum Gasteiger partial charge on any atom is 0.433 e. The van der Waals surface area contributed by atoms with Crippen molar-refractivity contribution in [1.82, 2.24) is 9.97 Å². The van der Waals surface area contributed by atoms with Crippen LogP contribution in [0.25, 0.3) is 10.9 Å². The predicted octanol–water partition coefficient (Wildman–Crippen LogP) is 4.71. The summed E-state index contributed by atoms with van der Waals surface area (Å²) < 4.78 is 51.9. The summed E-state index contributed by atoms with van der Waals surface area (Å²) >= 11 is 3.02. The minimum Gasteiger partial charge on any atom is -0.360 e. The third-order valence-electron chi connectivity index (χ3n) is 3.24. The van der Waals surface area contributed by atoms with Crippen molar-refractivity contribution in [3.8, 4) is 0 Å². The van der Waals surface area contributed by atoms with E-state index in [0.29, 0.717) is 5.52 Å². The molecule has 1 N–H and O–H groups in total. The molecule has 0 radical (unpaired) electrons. The highest BCUT2D eigenvalue weighted by Crippen LogP contribution is 2.29. The van der Waals surface area contributed by atoms with Crippen LogP contribution in [-0.2, 0) is 6.18 Å². The van der Waals surface area contributed by atoms with Gasteiger partial charge in [-0.25, -0.2) is 9.37 Å². The third kappa shape index (κ3) is 2.86. The molecule has 0 aliphatic rings. The monoisotopic (exact) mass is 386 g/mol. The quantitative estimate of drug-likeness (QED) is 0.511. The van der Waals surface area contributed by atoms with Gasteiger partial charge in [-0.05, 0) is 40.2 Å². The summed E-state index contributed by atoms with van der Waals surface area (Å²) in [6.45, 7) is 0. The van der Waals surface area contributed by atoms with Crippen LogP contribution >= 0.6 is 15.9 Å². The van der Waals surface area contributed by atoms with Gasteiger partial charge >= 0.3 is 6.18 Å². The maximum atomic E-state index is 13.7. The van der Waals surface area contributed by atoms with Gasteiger partial charge < -0.3 is 4.98 Å². The average Bonchev–Trinajstić information content (AvgIpc) is 2.89. The molecule has 2 heterocycles. The molecule has 0 aliphatic heterocycles. The molecule has 3 rings (SSSR count). The van der Waals surface area contributed by atoms with Crippen LogP contribution in [-0.4, -0.2) is 15.8 Å². The first-order valence-corrected chi connectivity index (χ1v) is 7.12. The summed E-state index contributed by atoms with van der Waals surface area (Å²) in [4.78, 5) is 18.6. The first-order valence-electron chi connectivity index (χ1n) is 6.32. The summed E-state index contributed by atoms with van der Waals surface area (Å²) in [5, 5.41) is 0.273. The number of halogens is 5. The van der Waals surface area contributed by atoms with Crippen molar-refractivity contribution in [3.05, 3.63) is 63.8 Å². The van der Waals surface area contributed by atoms with Crippen LogP contribution in [0.15, 0.2) is 41.0 Å². The van der Waals surface area contributed by atoms with Crippen molar-refractivity contribution in [2.75, 3.05) is 0 Å². The molecule has 0 fully saturated rings. The molecule has 0 spiro atoms. The third-order valence-corrected chi connectivity index (χ3v) is 3.85. The minimum atomic E-state index is -4.65. The lowest BCUT2D eigenvalue weighted by Crippen LogP contribution is -2.12. The fraction of sp³-hybridized carbons (Fsp3) is 0.0667. The van der Waals surface area contributed by atoms with Crippen molar-refractivity contribution in [2.24, 2.45) is 0 Å². The highest BCUT2D eigenvalue weighted by Gasteiger charge is 2.33. The number of hydrogen-bond donors (Lipinski definition) is 1. The van der Waals surface area contributed by atoms with Crippen molar-refractivity contribution < 1.29 is 22.4 Å². The van der Waals surface area contributed by atoms with Gasteiger partial charge in [0.1, 0.15) is 17.2 Å². The lowest BCUT2D eigenvalue weighted by atomic mass is 10.1. The molecule has 0 bridgehead atoms. The Morgan fingerprint density at radius 1 is 1.22 bits per heavy atom. The number of alkyl halides is 3. The normalized spacial score (nSPS) is 11.9. The highest BCUT2D eigenvalue weighted by atomic mass is 79.9. The molecule has 1 aromatic carbocycles. The summed E-state index contributed by atoms with van der Waals surface area (Å²) in [5.41, 5.74) is -0.979. The van der Waals surface area contributed by atoms with Gasteiger partial charge in [0.05, 0.1) is 4.47 Å². The van der Waals surface area contributed by atoms with E-state index in [1.165, 1.54) is 18.3 Å². The van der Waals surface area contributed by atoms with Gasteiger partial charge in [-0.2, -0.15) is 13.2 Å². The van der Waals surface area contributed by atoms with Gasteiger partial charge in [0.2, 0.25) is 5.78 Å². The second-order valence-corrected chi connectivity index (χ2v) is 5.60. The SMILES string of the molecule is O=C(c1cccc(C(F)(F)F)n1)c1c[nH]c2cc(Br)c(F)cc12. The molecule has 8 heteroatoms. The first kappa shape index (κ1) is 15.7. The zero-order chi connectivity index (χ0) is 16.8. The van der Waals surface area contributed by atoms with E-state index >= 15 is 0 Å². The van der Waals surface area contributed by atoms with Gasteiger partial charge in [-0.15, -0.1) is 0 Å². The largest absolute Gasteiger partial charge is 0.433 e. The number of H-pyrrole nitrogens is 1. The highest BCUT2D eigenvalue weighted by molar-refractivity contribution is 9.10. The molecule has 0 atom stereocenters. The second-order valence-electron chi connectivity index (χ2n) is 4.75. The number of fused-ring (bicyclic) bond motifs is 1. The van der Waals surface area contributed by atoms with Gasteiger partial charge in [-0.1, -0.05) is 6.07 Å². The number of nitrogens with one attached hydrogen (secondary N) is 1. The number of rotatable bonds is 2. The van der Waals surface area contributed by atoms with E-state index in [2.05, 4.69) is 25.9 Å². The van der Waals surface area contributed by atoms with Crippen LogP contribution in [0.4, 0.5) is 17.6 Å². The Morgan fingerprint density at radius 3 is 2.65 bits per heavy atom. The molecule has 23 heavy (non-hydrogen) atoms. The Hall–Kier alpha value is -2.22. The molecule has 3 nitrogen and oxygen atoms in total. The van der Waals surface area contributed by atoms with Gasteiger partial charge in [0, 0.05) is 22.7 Å². The van der Waals surface area contributed by atoms with Crippen LogP contribution in [0.1, 0.15) is 21.7 Å². The number of aromatic amines is 1. The standard InChI is InChI=1S/C15H7BrF4N2O/c16-9-5-12-7(4-10(9)17)8(6-21-12)14(23)11-2-1-3-13(22-11)15(18,19)20/h1-6,21H. The lowest BCUT2D eigenvalue weighted by molar-refractivity contribution is -0.141. The lowest BCUT2D eigenvalue weighted by Gasteiger charge is -2.07. The Labute approximate surface area is 135 Å². The van der Waals surface area contributed by atoms with E-state index < -0.39 is 23.5 Å². The van der Waals surface area contributed by atoms with Crippen molar-refractivity contribution in [2.45, 2.75) is 6.18 Å². The minimum absolute atomic E-state index is 0.0539. The molecular weight excluding hydrogens is 380 g/mol. The van der Waals surface area contributed by atoms with E-state index in [1.54, 1.807) is 0 Å². The van der Waals surface area contributed by atoms with E-state index in [-0.39, 0.29) is 21.1 Å². The maximum absolute atomic E-state index is 13.7. The Bertz CT molecular complexity index is 917.